The maximum atomic E-state index is 12.0. The van der Waals surface area contributed by atoms with E-state index in [0.29, 0.717) is 23.4 Å². The van der Waals surface area contributed by atoms with Crippen molar-refractivity contribution in [2.45, 2.75) is 52.7 Å². The van der Waals surface area contributed by atoms with E-state index in [-0.39, 0.29) is 6.54 Å². The molecule has 1 aromatic carbocycles. The Balaban J connectivity index is 2.91. The summed E-state index contributed by atoms with van der Waals surface area (Å²) in [6, 6.07) is 5.21. The van der Waals surface area contributed by atoms with Gasteiger partial charge in [0, 0.05) is 18.5 Å². The topological polar surface area (TPSA) is 93.7 Å². The van der Waals surface area contributed by atoms with E-state index >= 15 is 0 Å². The number of unbranched alkanes of at least 4 members (excludes halogenated alkanes) is 1. The Labute approximate surface area is 162 Å². The van der Waals surface area contributed by atoms with Crippen molar-refractivity contribution in [2.75, 3.05) is 13.7 Å². The Hall–Kier alpha value is -2.06. The smallest absolute Gasteiger partial charge is 0.407 e. The fourth-order valence-electron chi connectivity index (χ4n) is 2.11. The summed E-state index contributed by atoms with van der Waals surface area (Å²) < 4.78 is 37.0. The molecule has 0 atom stereocenters. The van der Waals surface area contributed by atoms with Crippen LogP contribution in [0.4, 0.5) is 4.79 Å². The van der Waals surface area contributed by atoms with Crippen molar-refractivity contribution in [1.29, 1.82) is 0 Å². The summed E-state index contributed by atoms with van der Waals surface area (Å²) in [5, 5.41) is 3.80. The molecular weight excluding hydrogens is 368 g/mol. The second kappa shape index (κ2) is 10.3. The summed E-state index contributed by atoms with van der Waals surface area (Å²) in [6.45, 7) is 7.91. The zero-order valence-corrected chi connectivity index (χ0v) is 17.5. The van der Waals surface area contributed by atoms with Gasteiger partial charge in [0.25, 0.3) is 0 Å². The summed E-state index contributed by atoms with van der Waals surface area (Å²) in [4.78, 5) is 11.9. The zero-order valence-electron chi connectivity index (χ0n) is 16.7. The SMILES string of the molecule is CCCCNS(=O)(=O)/C=C/c1ccc(OC)cc1CNC(=O)OC(C)(C)C. The van der Waals surface area contributed by atoms with Crippen LogP contribution in [0, 0.1) is 0 Å². The number of ether oxygens (including phenoxy) is 2. The molecule has 152 valence electrons. The molecule has 27 heavy (non-hydrogen) atoms. The highest BCUT2D eigenvalue weighted by molar-refractivity contribution is 7.92. The first-order chi connectivity index (χ1) is 12.6. The lowest BCUT2D eigenvalue weighted by Crippen LogP contribution is -2.32. The summed E-state index contributed by atoms with van der Waals surface area (Å²) in [7, 11) is -1.97. The second-order valence-corrected chi connectivity index (χ2v) is 8.67. The maximum Gasteiger partial charge on any atom is 0.407 e. The van der Waals surface area contributed by atoms with Crippen LogP contribution in [0.25, 0.3) is 6.08 Å². The van der Waals surface area contributed by atoms with Gasteiger partial charge in [0.15, 0.2) is 0 Å². The largest absolute Gasteiger partial charge is 0.497 e. The number of rotatable bonds is 9. The van der Waals surface area contributed by atoms with Gasteiger partial charge in [0.2, 0.25) is 10.0 Å². The quantitative estimate of drug-likeness (QED) is 0.622. The fourth-order valence-corrected chi connectivity index (χ4v) is 2.96. The lowest BCUT2D eigenvalue weighted by atomic mass is 10.1. The van der Waals surface area contributed by atoms with Gasteiger partial charge in [-0.1, -0.05) is 19.4 Å². The molecule has 0 bridgehead atoms. The van der Waals surface area contributed by atoms with E-state index in [9.17, 15) is 13.2 Å². The first-order valence-electron chi connectivity index (χ1n) is 8.88. The van der Waals surface area contributed by atoms with Gasteiger partial charge in [-0.3, -0.25) is 0 Å². The predicted octanol–water partition coefficient (Wildman–Crippen LogP) is 3.41. The molecular formula is C19H30N2O5S. The average molecular weight is 399 g/mol. The first kappa shape index (κ1) is 23.0. The molecule has 0 spiro atoms. The molecule has 0 heterocycles. The van der Waals surface area contributed by atoms with Gasteiger partial charge >= 0.3 is 6.09 Å². The van der Waals surface area contributed by atoms with E-state index in [1.165, 1.54) is 13.2 Å². The number of methoxy groups -OCH3 is 1. The van der Waals surface area contributed by atoms with E-state index in [0.717, 1.165) is 18.2 Å². The van der Waals surface area contributed by atoms with Gasteiger partial charge < -0.3 is 14.8 Å². The number of sulfonamides is 1. The van der Waals surface area contributed by atoms with E-state index < -0.39 is 21.7 Å². The first-order valence-corrected chi connectivity index (χ1v) is 10.4. The molecule has 1 aromatic rings. The van der Waals surface area contributed by atoms with Crippen molar-refractivity contribution in [1.82, 2.24) is 10.0 Å². The summed E-state index contributed by atoms with van der Waals surface area (Å²) in [5.41, 5.74) is 0.771. The summed E-state index contributed by atoms with van der Waals surface area (Å²) >= 11 is 0. The minimum atomic E-state index is -3.51. The highest BCUT2D eigenvalue weighted by Crippen LogP contribution is 2.19. The number of amides is 1. The molecule has 2 N–H and O–H groups in total. The minimum absolute atomic E-state index is 0.176. The molecule has 0 aliphatic carbocycles. The molecule has 0 aromatic heterocycles. The van der Waals surface area contributed by atoms with Crippen molar-refractivity contribution < 1.29 is 22.7 Å². The number of alkyl carbamates (subject to hydrolysis) is 1. The van der Waals surface area contributed by atoms with Crippen LogP contribution in [0.2, 0.25) is 0 Å². The lowest BCUT2D eigenvalue weighted by molar-refractivity contribution is 0.0523. The van der Waals surface area contributed by atoms with Gasteiger partial charge in [-0.2, -0.15) is 0 Å². The molecule has 1 rings (SSSR count). The van der Waals surface area contributed by atoms with Crippen LogP contribution in [-0.2, 0) is 21.3 Å². The molecule has 0 fully saturated rings. The van der Waals surface area contributed by atoms with Crippen molar-refractivity contribution in [3.8, 4) is 5.75 Å². The molecule has 7 nitrogen and oxygen atoms in total. The van der Waals surface area contributed by atoms with Gasteiger partial charge in [-0.15, -0.1) is 0 Å². The third-order valence-corrected chi connectivity index (χ3v) is 4.53. The van der Waals surface area contributed by atoms with E-state index in [4.69, 9.17) is 9.47 Å². The number of carbonyl (C=O) groups excluding carboxylic acids is 1. The molecule has 0 saturated heterocycles. The summed E-state index contributed by atoms with van der Waals surface area (Å²) in [5.74, 6) is 0.608. The molecule has 0 aliphatic rings. The number of hydrogen-bond acceptors (Lipinski definition) is 5. The lowest BCUT2D eigenvalue weighted by Gasteiger charge is -2.20. The third-order valence-electron chi connectivity index (χ3n) is 3.43. The number of hydrogen-bond donors (Lipinski definition) is 2. The van der Waals surface area contributed by atoms with Gasteiger partial charge in [0.05, 0.1) is 7.11 Å². The molecule has 0 unspecified atom stereocenters. The molecule has 8 heteroatoms. The number of nitrogens with one attached hydrogen (secondary N) is 2. The normalized spacial score (nSPS) is 12.2. The van der Waals surface area contributed by atoms with Crippen LogP contribution in [0.15, 0.2) is 23.6 Å². The van der Waals surface area contributed by atoms with Gasteiger partial charge in [-0.05, 0) is 56.5 Å². The van der Waals surface area contributed by atoms with Gasteiger partial charge in [0.1, 0.15) is 11.4 Å². The Morgan fingerprint density at radius 1 is 1.26 bits per heavy atom. The Bertz CT molecular complexity index is 752. The Morgan fingerprint density at radius 3 is 2.56 bits per heavy atom. The standard InChI is InChI=1S/C19H30N2O5S/c1-6-7-11-21-27(23,24)12-10-15-8-9-17(25-5)13-16(15)14-20-18(22)26-19(2,3)4/h8-10,12-13,21H,6-7,11,14H2,1-5H3,(H,20,22)/b12-10+. The van der Waals surface area contributed by atoms with Crippen LogP contribution < -0.4 is 14.8 Å². The number of benzene rings is 1. The van der Waals surface area contributed by atoms with Crippen molar-refractivity contribution in [2.24, 2.45) is 0 Å². The second-order valence-electron chi connectivity index (χ2n) is 7.02. The monoisotopic (exact) mass is 398 g/mol. The zero-order chi connectivity index (χ0) is 20.5. The molecule has 0 saturated carbocycles. The van der Waals surface area contributed by atoms with Crippen molar-refractivity contribution in [3.05, 3.63) is 34.7 Å². The van der Waals surface area contributed by atoms with Crippen LogP contribution >= 0.6 is 0 Å². The van der Waals surface area contributed by atoms with Gasteiger partial charge in [-0.25, -0.2) is 17.9 Å². The van der Waals surface area contributed by atoms with Crippen molar-refractivity contribution in [3.63, 3.8) is 0 Å². The molecule has 0 aliphatic heterocycles. The maximum absolute atomic E-state index is 12.0. The van der Waals surface area contributed by atoms with E-state index in [2.05, 4.69) is 10.0 Å². The summed E-state index contributed by atoms with van der Waals surface area (Å²) in [6.07, 6.45) is 2.64. The highest BCUT2D eigenvalue weighted by Gasteiger charge is 2.16. The third kappa shape index (κ3) is 9.44. The predicted molar refractivity (Wildman–Crippen MR) is 107 cm³/mol. The van der Waals surface area contributed by atoms with E-state index in [1.54, 1.807) is 39.0 Å². The minimum Gasteiger partial charge on any atom is -0.497 e. The Kier molecular flexibility index (Phi) is 8.78. The van der Waals surface area contributed by atoms with Crippen LogP contribution in [0.1, 0.15) is 51.7 Å². The van der Waals surface area contributed by atoms with Crippen LogP contribution in [0.3, 0.4) is 0 Å². The molecule has 1 amide bonds. The number of carbonyl (C=O) groups is 1. The average Bonchev–Trinajstić information content (AvgIpc) is 2.57. The highest BCUT2D eigenvalue weighted by atomic mass is 32.2. The Morgan fingerprint density at radius 2 is 1.96 bits per heavy atom. The van der Waals surface area contributed by atoms with Crippen LogP contribution in [-0.4, -0.2) is 33.8 Å². The molecule has 0 radical (unpaired) electrons. The van der Waals surface area contributed by atoms with Crippen LogP contribution in [0.5, 0.6) is 5.75 Å². The van der Waals surface area contributed by atoms with Crippen molar-refractivity contribution >= 4 is 22.2 Å². The fraction of sp³-hybridized carbons (Fsp3) is 0.526. The van der Waals surface area contributed by atoms with E-state index in [1.807, 2.05) is 6.92 Å².